The Balaban J connectivity index is 1.87. The van der Waals surface area contributed by atoms with Gasteiger partial charge in [0.2, 0.25) is 5.91 Å². The summed E-state index contributed by atoms with van der Waals surface area (Å²) in [5.41, 5.74) is 2.59. The largest absolute Gasteiger partial charge is 0.356 e. The lowest BCUT2D eigenvalue weighted by Gasteiger charge is -2.36. The van der Waals surface area contributed by atoms with Gasteiger partial charge in [-0.15, -0.1) is 0 Å². The van der Waals surface area contributed by atoms with Gasteiger partial charge in [0.05, 0.1) is 0 Å². The predicted octanol–water partition coefficient (Wildman–Crippen LogP) is 4.36. The van der Waals surface area contributed by atoms with Crippen LogP contribution in [0.15, 0.2) is 24.3 Å². The van der Waals surface area contributed by atoms with Crippen LogP contribution in [0.5, 0.6) is 0 Å². The third-order valence-electron chi connectivity index (χ3n) is 5.15. The zero-order valence-corrected chi connectivity index (χ0v) is 14.6. The second-order valence-electron chi connectivity index (χ2n) is 7.46. The number of rotatable bonds is 5. The molecule has 3 atom stereocenters. The van der Waals surface area contributed by atoms with Crippen molar-refractivity contribution < 1.29 is 4.79 Å². The van der Waals surface area contributed by atoms with E-state index in [1.807, 2.05) is 0 Å². The molecule has 22 heavy (non-hydrogen) atoms. The Bertz CT molecular complexity index is 494. The number of carbonyl (C=O) groups is 1. The molecule has 1 amide bonds. The van der Waals surface area contributed by atoms with Gasteiger partial charge in [0.1, 0.15) is 0 Å². The first-order valence-corrected chi connectivity index (χ1v) is 8.80. The van der Waals surface area contributed by atoms with Crippen molar-refractivity contribution in [2.75, 3.05) is 6.54 Å². The highest BCUT2D eigenvalue weighted by Crippen LogP contribution is 2.38. The van der Waals surface area contributed by atoms with Gasteiger partial charge in [-0.25, -0.2) is 0 Å². The van der Waals surface area contributed by atoms with Crippen molar-refractivity contribution in [1.29, 1.82) is 0 Å². The fraction of sp³-hybridized carbons (Fsp3) is 0.650. The highest BCUT2D eigenvalue weighted by Gasteiger charge is 2.35. The molecule has 1 aromatic carbocycles. The van der Waals surface area contributed by atoms with E-state index in [1.165, 1.54) is 24.0 Å². The summed E-state index contributed by atoms with van der Waals surface area (Å²) >= 11 is 0. The van der Waals surface area contributed by atoms with Crippen LogP contribution in [-0.2, 0) is 11.2 Å². The second-order valence-corrected chi connectivity index (χ2v) is 7.46. The van der Waals surface area contributed by atoms with Crippen LogP contribution < -0.4 is 5.32 Å². The van der Waals surface area contributed by atoms with E-state index in [2.05, 4.69) is 57.3 Å². The SMILES string of the molecule is Cc1cccc(CCNC(=O)[C@@H]2CC(C)CC[C@H]2C(C)C)c1. The van der Waals surface area contributed by atoms with Crippen LogP contribution in [-0.4, -0.2) is 12.5 Å². The molecule has 1 aliphatic carbocycles. The second kappa shape index (κ2) is 7.80. The monoisotopic (exact) mass is 301 g/mol. The quantitative estimate of drug-likeness (QED) is 0.860. The number of aryl methyl sites for hydroxylation is 1. The Hall–Kier alpha value is -1.31. The number of nitrogens with one attached hydrogen (secondary N) is 1. The first-order valence-electron chi connectivity index (χ1n) is 8.80. The van der Waals surface area contributed by atoms with Gasteiger partial charge >= 0.3 is 0 Å². The smallest absolute Gasteiger partial charge is 0.223 e. The highest BCUT2D eigenvalue weighted by molar-refractivity contribution is 5.79. The Labute approximate surface area is 135 Å². The maximum atomic E-state index is 12.6. The van der Waals surface area contributed by atoms with Gasteiger partial charge in [0, 0.05) is 12.5 Å². The Morgan fingerprint density at radius 1 is 1.32 bits per heavy atom. The van der Waals surface area contributed by atoms with Gasteiger partial charge in [0.15, 0.2) is 0 Å². The number of hydrogen-bond donors (Lipinski definition) is 1. The van der Waals surface area contributed by atoms with Gasteiger partial charge in [-0.05, 0) is 49.5 Å². The summed E-state index contributed by atoms with van der Waals surface area (Å²) in [4.78, 5) is 12.6. The average molecular weight is 301 g/mol. The molecule has 0 heterocycles. The molecule has 0 radical (unpaired) electrons. The van der Waals surface area contributed by atoms with E-state index in [-0.39, 0.29) is 11.8 Å². The minimum atomic E-state index is 0.209. The van der Waals surface area contributed by atoms with Crippen LogP contribution in [0.2, 0.25) is 0 Å². The van der Waals surface area contributed by atoms with Gasteiger partial charge in [-0.3, -0.25) is 4.79 Å². The van der Waals surface area contributed by atoms with Crippen molar-refractivity contribution in [2.45, 2.75) is 53.4 Å². The fourth-order valence-corrected chi connectivity index (χ4v) is 3.83. The van der Waals surface area contributed by atoms with E-state index in [1.54, 1.807) is 0 Å². The van der Waals surface area contributed by atoms with Crippen LogP contribution in [0.4, 0.5) is 0 Å². The Morgan fingerprint density at radius 3 is 2.77 bits per heavy atom. The summed E-state index contributed by atoms with van der Waals surface area (Å²) in [6, 6.07) is 8.54. The van der Waals surface area contributed by atoms with Gasteiger partial charge in [-0.1, -0.05) is 57.0 Å². The highest BCUT2D eigenvalue weighted by atomic mass is 16.1. The predicted molar refractivity (Wildman–Crippen MR) is 92.7 cm³/mol. The maximum Gasteiger partial charge on any atom is 0.223 e. The van der Waals surface area contributed by atoms with Crippen molar-refractivity contribution in [3.05, 3.63) is 35.4 Å². The molecule has 2 rings (SSSR count). The summed E-state index contributed by atoms with van der Waals surface area (Å²) in [5.74, 6) is 2.32. The molecule has 1 aliphatic rings. The molecule has 2 heteroatoms. The van der Waals surface area contributed by atoms with E-state index >= 15 is 0 Å². The molecule has 122 valence electrons. The molecular formula is C20H31NO. The summed E-state index contributed by atoms with van der Waals surface area (Å²) in [6.45, 7) is 9.65. The number of amides is 1. The van der Waals surface area contributed by atoms with Crippen LogP contribution in [0.3, 0.4) is 0 Å². The van der Waals surface area contributed by atoms with Crippen molar-refractivity contribution in [3.8, 4) is 0 Å². The van der Waals surface area contributed by atoms with E-state index in [0.717, 1.165) is 19.4 Å². The number of benzene rings is 1. The molecule has 0 bridgehead atoms. The average Bonchev–Trinajstić information content (AvgIpc) is 2.46. The van der Waals surface area contributed by atoms with E-state index < -0.39 is 0 Å². The molecule has 0 aliphatic heterocycles. The number of hydrogen-bond acceptors (Lipinski definition) is 1. The normalized spacial score (nSPS) is 25.2. The van der Waals surface area contributed by atoms with Crippen LogP contribution in [0, 0.1) is 30.6 Å². The Kier molecular flexibility index (Phi) is 6.05. The lowest BCUT2D eigenvalue weighted by atomic mass is 9.70. The van der Waals surface area contributed by atoms with Crippen molar-refractivity contribution in [1.82, 2.24) is 5.32 Å². The van der Waals surface area contributed by atoms with Gasteiger partial charge in [0.25, 0.3) is 0 Å². The summed E-state index contributed by atoms with van der Waals surface area (Å²) < 4.78 is 0. The molecule has 0 saturated heterocycles. The minimum Gasteiger partial charge on any atom is -0.356 e. The molecule has 1 aromatic rings. The number of carbonyl (C=O) groups excluding carboxylic acids is 1. The van der Waals surface area contributed by atoms with E-state index in [0.29, 0.717) is 17.8 Å². The summed E-state index contributed by atoms with van der Waals surface area (Å²) in [7, 11) is 0. The first-order chi connectivity index (χ1) is 10.5. The minimum absolute atomic E-state index is 0.209. The molecule has 1 N–H and O–H groups in total. The molecule has 2 nitrogen and oxygen atoms in total. The van der Waals surface area contributed by atoms with Crippen molar-refractivity contribution >= 4 is 5.91 Å². The van der Waals surface area contributed by atoms with E-state index in [9.17, 15) is 4.79 Å². The lowest BCUT2D eigenvalue weighted by molar-refractivity contribution is -0.129. The van der Waals surface area contributed by atoms with Gasteiger partial charge in [-0.2, -0.15) is 0 Å². The zero-order valence-electron chi connectivity index (χ0n) is 14.6. The third-order valence-corrected chi connectivity index (χ3v) is 5.15. The van der Waals surface area contributed by atoms with E-state index in [4.69, 9.17) is 0 Å². The van der Waals surface area contributed by atoms with Crippen molar-refractivity contribution in [2.24, 2.45) is 23.7 Å². The third kappa shape index (κ3) is 4.59. The molecule has 1 saturated carbocycles. The molecule has 1 unspecified atom stereocenters. The zero-order chi connectivity index (χ0) is 16.1. The summed E-state index contributed by atoms with van der Waals surface area (Å²) in [5, 5.41) is 3.19. The fourth-order valence-electron chi connectivity index (χ4n) is 3.83. The molecule has 0 aromatic heterocycles. The van der Waals surface area contributed by atoms with Crippen molar-refractivity contribution in [3.63, 3.8) is 0 Å². The van der Waals surface area contributed by atoms with Gasteiger partial charge < -0.3 is 5.32 Å². The van der Waals surface area contributed by atoms with Crippen LogP contribution in [0.1, 0.15) is 51.2 Å². The molecule has 0 spiro atoms. The topological polar surface area (TPSA) is 29.1 Å². The van der Waals surface area contributed by atoms with Crippen LogP contribution in [0.25, 0.3) is 0 Å². The molecule has 1 fully saturated rings. The lowest BCUT2D eigenvalue weighted by Crippen LogP contribution is -2.40. The standard InChI is InChI=1S/C20H31NO/c1-14(2)18-9-8-16(4)13-19(18)20(22)21-11-10-17-7-5-6-15(3)12-17/h5-7,12,14,16,18-19H,8-11,13H2,1-4H3,(H,21,22)/t16?,18-,19+/m0/s1. The Morgan fingerprint density at radius 2 is 2.09 bits per heavy atom. The molecular weight excluding hydrogens is 270 g/mol. The maximum absolute atomic E-state index is 12.6. The summed E-state index contributed by atoms with van der Waals surface area (Å²) in [6.07, 6.45) is 4.45. The van der Waals surface area contributed by atoms with Crippen LogP contribution >= 0.6 is 0 Å². The first kappa shape index (κ1) is 17.1.